The van der Waals surface area contributed by atoms with Gasteiger partial charge in [0.15, 0.2) is 6.61 Å². The summed E-state index contributed by atoms with van der Waals surface area (Å²) in [5, 5.41) is 0. The first kappa shape index (κ1) is 18.5. The third kappa shape index (κ3) is 3.75. The Bertz CT molecular complexity index is 883. The highest BCUT2D eigenvalue weighted by molar-refractivity contribution is 6.01. The molecule has 2 aliphatic rings. The maximum Gasteiger partial charge on any atom is 0.265 e. The molecule has 2 heterocycles. The van der Waals surface area contributed by atoms with E-state index in [1.165, 1.54) is 5.56 Å². The van der Waals surface area contributed by atoms with Crippen LogP contribution in [-0.2, 0) is 11.3 Å². The van der Waals surface area contributed by atoms with E-state index >= 15 is 0 Å². The van der Waals surface area contributed by atoms with Crippen LogP contribution in [0.5, 0.6) is 5.75 Å². The zero-order valence-electron chi connectivity index (χ0n) is 16.5. The van der Waals surface area contributed by atoms with Crippen LogP contribution in [0.4, 0.5) is 5.69 Å². The summed E-state index contributed by atoms with van der Waals surface area (Å²) in [5.74, 6) is 1.26. The third-order valence-electron chi connectivity index (χ3n) is 5.68. The fraction of sp³-hybridized carbons (Fsp3) is 0.391. The number of anilines is 1. The van der Waals surface area contributed by atoms with E-state index < -0.39 is 0 Å². The van der Waals surface area contributed by atoms with E-state index in [0.29, 0.717) is 29.5 Å². The molecule has 0 unspecified atom stereocenters. The molecular formula is C23H26N2O3. The maximum atomic E-state index is 13.0. The number of carbonyl (C=O) groups is 2. The summed E-state index contributed by atoms with van der Waals surface area (Å²) in [7, 11) is 0. The molecule has 5 heteroatoms. The molecule has 0 radical (unpaired) electrons. The Morgan fingerprint density at radius 2 is 1.82 bits per heavy atom. The molecule has 0 aromatic heterocycles. The van der Waals surface area contributed by atoms with E-state index in [2.05, 4.69) is 6.92 Å². The summed E-state index contributed by atoms with van der Waals surface area (Å²) in [4.78, 5) is 29.1. The second-order valence-corrected chi connectivity index (χ2v) is 7.91. The van der Waals surface area contributed by atoms with Crippen molar-refractivity contribution in [2.75, 3.05) is 24.6 Å². The molecule has 1 fully saturated rings. The molecule has 0 spiro atoms. The number of amides is 2. The SMILES string of the molecule is Cc1ccc(CN2C(=O)COc3ccc(C(=O)N4CCC(C)CC4)cc32)cc1. The van der Waals surface area contributed by atoms with Gasteiger partial charge >= 0.3 is 0 Å². The highest BCUT2D eigenvalue weighted by atomic mass is 16.5. The van der Waals surface area contributed by atoms with E-state index in [9.17, 15) is 9.59 Å². The van der Waals surface area contributed by atoms with Crippen molar-refractivity contribution in [2.24, 2.45) is 5.92 Å². The number of carbonyl (C=O) groups excluding carboxylic acids is 2. The van der Waals surface area contributed by atoms with Gasteiger partial charge in [-0.05, 0) is 49.4 Å². The van der Waals surface area contributed by atoms with Crippen LogP contribution in [0.15, 0.2) is 42.5 Å². The monoisotopic (exact) mass is 378 g/mol. The molecule has 28 heavy (non-hydrogen) atoms. The van der Waals surface area contributed by atoms with Crippen LogP contribution in [0.25, 0.3) is 0 Å². The molecular weight excluding hydrogens is 352 g/mol. The normalized spacial score (nSPS) is 17.3. The summed E-state index contributed by atoms with van der Waals surface area (Å²) < 4.78 is 5.60. The maximum absolute atomic E-state index is 13.0. The first-order valence-corrected chi connectivity index (χ1v) is 9.93. The van der Waals surface area contributed by atoms with Crippen LogP contribution in [0.1, 0.15) is 41.3 Å². The van der Waals surface area contributed by atoms with Gasteiger partial charge in [0.05, 0.1) is 12.2 Å². The summed E-state index contributed by atoms with van der Waals surface area (Å²) >= 11 is 0. The molecule has 0 atom stereocenters. The molecule has 0 aliphatic carbocycles. The average Bonchev–Trinajstić information content (AvgIpc) is 2.71. The second kappa shape index (κ2) is 7.66. The Morgan fingerprint density at radius 3 is 2.54 bits per heavy atom. The Morgan fingerprint density at radius 1 is 1.11 bits per heavy atom. The summed E-state index contributed by atoms with van der Waals surface area (Å²) in [5.41, 5.74) is 3.52. The van der Waals surface area contributed by atoms with E-state index in [1.54, 1.807) is 17.0 Å². The molecule has 0 N–H and O–H groups in total. The van der Waals surface area contributed by atoms with Crippen LogP contribution in [0.2, 0.25) is 0 Å². The van der Waals surface area contributed by atoms with Crippen LogP contribution in [0.3, 0.4) is 0 Å². The smallest absolute Gasteiger partial charge is 0.265 e. The van der Waals surface area contributed by atoms with Crippen molar-refractivity contribution in [1.29, 1.82) is 0 Å². The van der Waals surface area contributed by atoms with Gasteiger partial charge in [0.2, 0.25) is 0 Å². The van der Waals surface area contributed by atoms with Crippen molar-refractivity contribution in [3.05, 3.63) is 59.2 Å². The van der Waals surface area contributed by atoms with Crippen molar-refractivity contribution in [2.45, 2.75) is 33.2 Å². The van der Waals surface area contributed by atoms with Gasteiger partial charge in [-0.3, -0.25) is 9.59 Å². The Hall–Kier alpha value is -2.82. The van der Waals surface area contributed by atoms with Crippen LogP contribution < -0.4 is 9.64 Å². The van der Waals surface area contributed by atoms with Crippen LogP contribution >= 0.6 is 0 Å². The third-order valence-corrected chi connectivity index (χ3v) is 5.68. The fourth-order valence-electron chi connectivity index (χ4n) is 3.78. The molecule has 2 aliphatic heterocycles. The zero-order valence-corrected chi connectivity index (χ0v) is 16.5. The van der Waals surface area contributed by atoms with E-state index in [1.807, 2.05) is 42.2 Å². The number of ether oxygens (including phenoxy) is 1. The van der Waals surface area contributed by atoms with Gasteiger partial charge in [-0.1, -0.05) is 36.8 Å². The number of hydrogen-bond acceptors (Lipinski definition) is 3. The van der Waals surface area contributed by atoms with Gasteiger partial charge < -0.3 is 14.5 Å². The minimum absolute atomic E-state index is 0.0240. The standard InChI is InChI=1S/C23H26N2O3/c1-16-3-5-18(6-4-16)14-25-20-13-19(7-8-21(20)28-15-22(25)26)23(27)24-11-9-17(2)10-12-24/h3-8,13,17H,9-12,14-15H2,1-2H3. The van der Waals surface area contributed by atoms with Gasteiger partial charge in [-0.15, -0.1) is 0 Å². The molecule has 0 saturated carbocycles. The lowest BCUT2D eigenvalue weighted by molar-refractivity contribution is -0.121. The number of hydrogen-bond donors (Lipinski definition) is 0. The summed E-state index contributed by atoms with van der Waals surface area (Å²) in [6, 6.07) is 13.6. The van der Waals surface area contributed by atoms with Crippen molar-refractivity contribution in [3.63, 3.8) is 0 Å². The first-order valence-electron chi connectivity index (χ1n) is 9.93. The number of aryl methyl sites for hydroxylation is 1. The van der Waals surface area contributed by atoms with Crippen molar-refractivity contribution < 1.29 is 14.3 Å². The van der Waals surface area contributed by atoms with E-state index in [-0.39, 0.29) is 18.4 Å². The highest BCUT2D eigenvalue weighted by Crippen LogP contribution is 2.34. The number of piperidine rings is 1. The number of benzene rings is 2. The zero-order chi connectivity index (χ0) is 19.7. The van der Waals surface area contributed by atoms with Gasteiger partial charge in [-0.25, -0.2) is 0 Å². The first-order chi connectivity index (χ1) is 13.5. The highest BCUT2D eigenvalue weighted by Gasteiger charge is 2.28. The van der Waals surface area contributed by atoms with Gasteiger partial charge in [0.25, 0.3) is 11.8 Å². The molecule has 1 saturated heterocycles. The molecule has 2 aromatic carbocycles. The summed E-state index contributed by atoms with van der Waals surface area (Å²) in [6.45, 7) is 6.34. The van der Waals surface area contributed by atoms with Crippen LogP contribution in [0, 0.1) is 12.8 Å². The number of fused-ring (bicyclic) bond motifs is 1. The predicted octanol–water partition coefficient (Wildman–Crippen LogP) is 3.79. The minimum Gasteiger partial charge on any atom is -0.482 e. The van der Waals surface area contributed by atoms with Crippen molar-refractivity contribution >= 4 is 17.5 Å². The molecule has 5 nitrogen and oxygen atoms in total. The van der Waals surface area contributed by atoms with Gasteiger partial charge in [0.1, 0.15) is 5.75 Å². The average molecular weight is 378 g/mol. The molecule has 4 rings (SSSR count). The van der Waals surface area contributed by atoms with Crippen LogP contribution in [-0.4, -0.2) is 36.4 Å². The van der Waals surface area contributed by atoms with Crippen molar-refractivity contribution in [1.82, 2.24) is 4.90 Å². The minimum atomic E-state index is -0.0931. The van der Waals surface area contributed by atoms with Crippen molar-refractivity contribution in [3.8, 4) is 5.75 Å². The number of likely N-dealkylation sites (tertiary alicyclic amines) is 1. The molecule has 2 aromatic rings. The lowest BCUT2D eigenvalue weighted by Crippen LogP contribution is -2.39. The Balaban J connectivity index is 1.60. The topological polar surface area (TPSA) is 49.9 Å². The van der Waals surface area contributed by atoms with E-state index in [4.69, 9.17) is 4.74 Å². The van der Waals surface area contributed by atoms with E-state index in [0.717, 1.165) is 31.5 Å². The molecule has 146 valence electrons. The quantitative estimate of drug-likeness (QED) is 0.816. The lowest BCUT2D eigenvalue weighted by atomic mass is 9.98. The molecule has 0 bridgehead atoms. The molecule has 2 amide bonds. The largest absolute Gasteiger partial charge is 0.482 e. The Kier molecular flexibility index (Phi) is 5.07. The second-order valence-electron chi connectivity index (χ2n) is 7.91. The summed E-state index contributed by atoms with van der Waals surface area (Å²) in [6.07, 6.45) is 2.08. The van der Waals surface area contributed by atoms with Gasteiger partial charge in [0, 0.05) is 18.7 Å². The fourth-order valence-corrected chi connectivity index (χ4v) is 3.78. The Labute approximate surface area is 165 Å². The number of nitrogens with zero attached hydrogens (tertiary/aromatic N) is 2. The lowest BCUT2D eigenvalue weighted by Gasteiger charge is -2.32. The van der Waals surface area contributed by atoms with Gasteiger partial charge in [-0.2, -0.15) is 0 Å². The number of rotatable bonds is 3. The predicted molar refractivity (Wildman–Crippen MR) is 109 cm³/mol.